The first-order valence-electron chi connectivity index (χ1n) is 9.04. The van der Waals surface area contributed by atoms with Gasteiger partial charge in [-0.25, -0.2) is 0 Å². The third kappa shape index (κ3) is 4.32. The van der Waals surface area contributed by atoms with Crippen molar-refractivity contribution in [3.8, 4) is 0 Å². The summed E-state index contributed by atoms with van der Waals surface area (Å²) in [5.74, 6) is 0.197. The third-order valence-electron chi connectivity index (χ3n) is 5.12. The van der Waals surface area contributed by atoms with Crippen LogP contribution in [0, 0.1) is 0 Å². The SMILES string of the molecule is CN(C(=O)CCc1ccccc1N)C1CCCN(c2ccccc2)C1. The fourth-order valence-corrected chi connectivity index (χ4v) is 3.53. The van der Waals surface area contributed by atoms with Crippen molar-refractivity contribution in [1.29, 1.82) is 0 Å². The standard InChI is InChI=1S/C21H27N3O/c1-23(21(25)14-13-17-8-5-6-12-20(17)22)19-11-7-15-24(16-19)18-9-3-2-4-10-18/h2-6,8-10,12,19H,7,11,13-16,22H2,1H3. The van der Waals surface area contributed by atoms with Crippen LogP contribution in [-0.4, -0.2) is 37.0 Å². The van der Waals surface area contributed by atoms with Crippen LogP contribution in [0.5, 0.6) is 0 Å². The number of para-hydroxylation sites is 2. The number of piperidine rings is 1. The van der Waals surface area contributed by atoms with Crippen LogP contribution in [0.3, 0.4) is 0 Å². The molecule has 0 radical (unpaired) electrons. The number of carbonyl (C=O) groups excluding carboxylic acids is 1. The lowest BCUT2D eigenvalue weighted by molar-refractivity contribution is -0.132. The van der Waals surface area contributed by atoms with Gasteiger partial charge in [0.1, 0.15) is 0 Å². The van der Waals surface area contributed by atoms with Crippen molar-refractivity contribution >= 4 is 17.3 Å². The van der Waals surface area contributed by atoms with Gasteiger partial charge < -0.3 is 15.5 Å². The van der Waals surface area contributed by atoms with Crippen LogP contribution in [-0.2, 0) is 11.2 Å². The molecule has 3 rings (SSSR count). The minimum atomic E-state index is 0.197. The lowest BCUT2D eigenvalue weighted by Gasteiger charge is -2.39. The first-order valence-corrected chi connectivity index (χ1v) is 9.04. The van der Waals surface area contributed by atoms with Crippen molar-refractivity contribution in [2.45, 2.75) is 31.7 Å². The lowest BCUT2D eigenvalue weighted by Crippen LogP contribution is -2.48. The van der Waals surface area contributed by atoms with E-state index in [1.165, 1.54) is 5.69 Å². The molecule has 0 saturated carbocycles. The smallest absolute Gasteiger partial charge is 0.222 e. The van der Waals surface area contributed by atoms with E-state index in [9.17, 15) is 4.79 Å². The zero-order chi connectivity index (χ0) is 17.6. The predicted molar refractivity (Wildman–Crippen MR) is 104 cm³/mol. The first-order chi connectivity index (χ1) is 12.1. The van der Waals surface area contributed by atoms with Crippen molar-refractivity contribution in [3.05, 3.63) is 60.2 Å². The maximum atomic E-state index is 12.6. The van der Waals surface area contributed by atoms with Gasteiger partial charge in [0.25, 0.3) is 0 Å². The quantitative estimate of drug-likeness (QED) is 0.852. The molecule has 0 spiro atoms. The number of hydrogen-bond donors (Lipinski definition) is 1. The molecule has 0 bridgehead atoms. The molecule has 0 aromatic heterocycles. The molecule has 1 heterocycles. The minimum absolute atomic E-state index is 0.197. The van der Waals surface area contributed by atoms with Crippen LogP contribution >= 0.6 is 0 Å². The van der Waals surface area contributed by atoms with Gasteiger partial charge in [0.2, 0.25) is 5.91 Å². The highest BCUT2D eigenvalue weighted by Gasteiger charge is 2.26. The number of nitrogen functional groups attached to an aromatic ring is 1. The zero-order valence-corrected chi connectivity index (χ0v) is 14.9. The average molecular weight is 337 g/mol. The fourth-order valence-electron chi connectivity index (χ4n) is 3.53. The first kappa shape index (κ1) is 17.3. The summed E-state index contributed by atoms with van der Waals surface area (Å²) in [4.78, 5) is 17.0. The van der Waals surface area contributed by atoms with Crippen molar-refractivity contribution in [3.63, 3.8) is 0 Å². The van der Waals surface area contributed by atoms with Gasteiger partial charge in [-0.2, -0.15) is 0 Å². The van der Waals surface area contributed by atoms with E-state index in [4.69, 9.17) is 5.73 Å². The number of rotatable bonds is 5. The Kier molecular flexibility index (Phi) is 5.59. The van der Waals surface area contributed by atoms with E-state index in [1.807, 2.05) is 42.3 Å². The zero-order valence-electron chi connectivity index (χ0n) is 14.9. The van der Waals surface area contributed by atoms with Gasteiger partial charge in [0, 0.05) is 44.0 Å². The second-order valence-electron chi connectivity index (χ2n) is 6.78. The topological polar surface area (TPSA) is 49.6 Å². The highest BCUT2D eigenvalue weighted by atomic mass is 16.2. The number of anilines is 2. The molecule has 4 heteroatoms. The summed E-state index contributed by atoms with van der Waals surface area (Å²) in [7, 11) is 1.94. The Labute approximate surface area is 150 Å². The van der Waals surface area contributed by atoms with Crippen LogP contribution in [0.15, 0.2) is 54.6 Å². The highest BCUT2D eigenvalue weighted by Crippen LogP contribution is 2.22. The van der Waals surface area contributed by atoms with Crippen molar-refractivity contribution < 1.29 is 4.79 Å². The van der Waals surface area contributed by atoms with Gasteiger partial charge in [-0.3, -0.25) is 4.79 Å². The molecular formula is C21H27N3O. The Hall–Kier alpha value is -2.49. The normalized spacial score (nSPS) is 17.3. The molecule has 2 aromatic rings. The van der Waals surface area contributed by atoms with Gasteiger partial charge >= 0.3 is 0 Å². The van der Waals surface area contributed by atoms with E-state index in [0.717, 1.165) is 37.2 Å². The Balaban J connectivity index is 1.57. The summed E-state index contributed by atoms with van der Waals surface area (Å²) in [5, 5.41) is 0. The summed E-state index contributed by atoms with van der Waals surface area (Å²) >= 11 is 0. The second kappa shape index (κ2) is 8.06. The minimum Gasteiger partial charge on any atom is -0.399 e. The van der Waals surface area contributed by atoms with Crippen LogP contribution in [0.25, 0.3) is 0 Å². The molecular weight excluding hydrogens is 310 g/mol. The molecule has 1 atom stereocenters. The number of likely N-dealkylation sites (N-methyl/N-ethyl adjacent to an activating group) is 1. The molecule has 1 amide bonds. The molecule has 1 fully saturated rings. The van der Waals surface area contributed by atoms with E-state index < -0.39 is 0 Å². The van der Waals surface area contributed by atoms with Crippen molar-refractivity contribution in [1.82, 2.24) is 4.90 Å². The Morgan fingerprint density at radius 2 is 1.88 bits per heavy atom. The molecule has 4 nitrogen and oxygen atoms in total. The van der Waals surface area contributed by atoms with Crippen LogP contribution in [0.1, 0.15) is 24.8 Å². The molecule has 1 aliphatic rings. The lowest BCUT2D eigenvalue weighted by atomic mass is 10.0. The van der Waals surface area contributed by atoms with E-state index in [-0.39, 0.29) is 11.9 Å². The Bertz CT molecular complexity index is 701. The number of carbonyl (C=O) groups is 1. The van der Waals surface area contributed by atoms with Crippen molar-refractivity contribution in [2.75, 3.05) is 30.8 Å². The number of aryl methyl sites for hydroxylation is 1. The van der Waals surface area contributed by atoms with E-state index in [1.54, 1.807) is 0 Å². The largest absolute Gasteiger partial charge is 0.399 e. The molecule has 0 aliphatic carbocycles. The summed E-state index contributed by atoms with van der Waals surface area (Å²) in [5.41, 5.74) is 9.04. The fraction of sp³-hybridized carbons (Fsp3) is 0.381. The third-order valence-corrected chi connectivity index (χ3v) is 5.12. The maximum absolute atomic E-state index is 12.6. The number of nitrogens with two attached hydrogens (primary N) is 1. The van der Waals surface area contributed by atoms with Gasteiger partial charge in [-0.15, -0.1) is 0 Å². The van der Waals surface area contributed by atoms with E-state index in [2.05, 4.69) is 29.2 Å². The molecule has 2 aromatic carbocycles. The van der Waals surface area contributed by atoms with Gasteiger partial charge in [0.05, 0.1) is 0 Å². The molecule has 1 saturated heterocycles. The number of benzene rings is 2. The van der Waals surface area contributed by atoms with Gasteiger partial charge in [-0.05, 0) is 43.0 Å². The maximum Gasteiger partial charge on any atom is 0.222 e. The van der Waals surface area contributed by atoms with Gasteiger partial charge in [-0.1, -0.05) is 36.4 Å². The molecule has 1 unspecified atom stereocenters. The molecule has 25 heavy (non-hydrogen) atoms. The monoisotopic (exact) mass is 337 g/mol. The molecule has 1 aliphatic heterocycles. The Morgan fingerprint density at radius 3 is 2.64 bits per heavy atom. The number of nitrogens with zero attached hydrogens (tertiary/aromatic N) is 2. The summed E-state index contributed by atoms with van der Waals surface area (Å²) in [6, 6.07) is 18.5. The van der Waals surface area contributed by atoms with E-state index in [0.29, 0.717) is 12.8 Å². The molecule has 132 valence electrons. The number of hydrogen-bond acceptors (Lipinski definition) is 3. The Morgan fingerprint density at radius 1 is 1.16 bits per heavy atom. The predicted octanol–water partition coefficient (Wildman–Crippen LogP) is 3.33. The van der Waals surface area contributed by atoms with Crippen LogP contribution in [0.4, 0.5) is 11.4 Å². The van der Waals surface area contributed by atoms with E-state index >= 15 is 0 Å². The van der Waals surface area contributed by atoms with Gasteiger partial charge in [0.15, 0.2) is 0 Å². The van der Waals surface area contributed by atoms with Crippen LogP contribution in [0.2, 0.25) is 0 Å². The van der Waals surface area contributed by atoms with Crippen LogP contribution < -0.4 is 10.6 Å². The highest BCUT2D eigenvalue weighted by molar-refractivity contribution is 5.77. The summed E-state index contributed by atoms with van der Waals surface area (Å²) in [6.45, 7) is 1.96. The number of amides is 1. The summed E-state index contributed by atoms with van der Waals surface area (Å²) in [6.07, 6.45) is 3.39. The average Bonchev–Trinajstić information content (AvgIpc) is 2.67. The van der Waals surface area contributed by atoms with Crippen molar-refractivity contribution in [2.24, 2.45) is 0 Å². The second-order valence-corrected chi connectivity index (χ2v) is 6.78. The summed E-state index contributed by atoms with van der Waals surface area (Å²) < 4.78 is 0. The molecule has 2 N–H and O–H groups in total.